The smallest absolute Gasteiger partial charge is 0.384 e. The van der Waals surface area contributed by atoms with Crippen LogP contribution in [0.15, 0.2) is 11.1 Å². The number of aromatic nitrogens is 2. The van der Waals surface area contributed by atoms with Gasteiger partial charge in [0.2, 0.25) is 9.84 Å². The molecule has 0 atom stereocenters. The van der Waals surface area contributed by atoms with Crippen LogP contribution in [0.5, 0.6) is 0 Å². The minimum Gasteiger partial charge on any atom is -0.384 e. The van der Waals surface area contributed by atoms with Gasteiger partial charge in [-0.05, 0) is 23.2 Å². The van der Waals surface area contributed by atoms with Crippen molar-refractivity contribution in [2.24, 2.45) is 0 Å². The number of alkyl halides is 6. The molecule has 1 aromatic carbocycles. The number of nitrogens with zero attached hydrogens (tertiary/aromatic N) is 2. The predicted molar refractivity (Wildman–Crippen MR) is 90.9 cm³/mol. The summed E-state index contributed by atoms with van der Waals surface area (Å²) in [6.45, 7) is 0. The number of halogens is 8. The third kappa shape index (κ3) is 3.52. The van der Waals surface area contributed by atoms with E-state index in [1.54, 1.807) is 0 Å². The highest BCUT2D eigenvalue weighted by molar-refractivity contribution is 7.95. The zero-order valence-corrected chi connectivity index (χ0v) is 16.1. The highest BCUT2D eigenvalue weighted by atomic mass is 35.5. The number of nitrogen functional groups attached to an aromatic ring is 1. The summed E-state index contributed by atoms with van der Waals surface area (Å²) in [7, 11) is -5.77. The van der Waals surface area contributed by atoms with Gasteiger partial charge in [0.25, 0.3) is 0 Å². The highest BCUT2D eigenvalue weighted by Crippen LogP contribution is 2.52. The van der Waals surface area contributed by atoms with Gasteiger partial charge in [-0.3, -0.25) is 5.10 Å². The Hall–Kier alpha value is -1.45. The molecule has 1 aromatic heterocycles. The molecular formula is C12H4Cl4F4N4O2S. The summed E-state index contributed by atoms with van der Waals surface area (Å²) >= 11 is 21.6. The molecule has 146 valence electrons. The molecule has 27 heavy (non-hydrogen) atoms. The molecule has 2 aromatic rings. The van der Waals surface area contributed by atoms with E-state index in [1.807, 2.05) is 0 Å². The van der Waals surface area contributed by atoms with Crippen molar-refractivity contribution in [2.45, 2.75) is 15.0 Å². The van der Waals surface area contributed by atoms with Gasteiger partial charge in [-0.25, -0.2) is 8.42 Å². The molecule has 0 spiro atoms. The summed E-state index contributed by atoms with van der Waals surface area (Å²) < 4.78 is 74.9. The Bertz CT molecular complexity index is 1070. The first kappa shape index (κ1) is 21.8. The quantitative estimate of drug-likeness (QED) is 0.483. The van der Waals surface area contributed by atoms with Crippen LogP contribution < -0.4 is 5.73 Å². The number of nitrogens with one attached hydrogen (secondary N) is 1. The summed E-state index contributed by atoms with van der Waals surface area (Å²) in [5.74, 6) is -0.269. The van der Waals surface area contributed by atoms with Crippen LogP contribution in [0.25, 0.3) is 11.1 Å². The van der Waals surface area contributed by atoms with E-state index in [1.165, 1.54) is 0 Å². The number of nitriles is 1. The molecule has 6 nitrogen and oxygen atoms in total. The number of benzene rings is 1. The zero-order valence-electron chi connectivity index (χ0n) is 12.3. The van der Waals surface area contributed by atoms with Crippen LogP contribution >= 0.6 is 46.4 Å². The van der Waals surface area contributed by atoms with E-state index in [-0.39, 0.29) is 11.4 Å². The number of aromatic amines is 1. The second kappa shape index (κ2) is 6.86. The largest absolute Gasteiger partial charge is 0.419 e. The monoisotopic (exact) mass is 484 g/mol. The highest BCUT2D eigenvalue weighted by Gasteiger charge is 2.51. The van der Waals surface area contributed by atoms with Crippen LogP contribution in [0, 0.1) is 11.3 Å². The molecule has 0 amide bonds. The van der Waals surface area contributed by atoms with Crippen LogP contribution in [0.3, 0.4) is 0 Å². The maximum Gasteiger partial charge on any atom is 0.419 e. The molecule has 1 heterocycles. The summed E-state index contributed by atoms with van der Waals surface area (Å²) in [5.41, 5.74) is 1.25. The summed E-state index contributed by atoms with van der Waals surface area (Å²) in [5, 5.41) is 12.8. The van der Waals surface area contributed by atoms with Gasteiger partial charge in [0.05, 0.1) is 27.4 Å². The molecule has 15 heteroatoms. The first-order valence-corrected chi connectivity index (χ1v) is 9.28. The van der Waals surface area contributed by atoms with Gasteiger partial charge in [-0.1, -0.05) is 23.2 Å². The third-order valence-electron chi connectivity index (χ3n) is 3.24. The predicted octanol–water partition coefficient (Wildman–Crippen LogP) is 4.69. The van der Waals surface area contributed by atoms with Crippen molar-refractivity contribution in [2.75, 3.05) is 5.73 Å². The molecule has 0 unspecified atom stereocenters. The van der Waals surface area contributed by atoms with E-state index in [0.29, 0.717) is 0 Å². The number of sulfone groups is 1. The maximum absolute atomic E-state index is 13.8. The Balaban J connectivity index is 3.21. The molecule has 3 N–H and O–H groups in total. The molecule has 0 saturated carbocycles. The van der Waals surface area contributed by atoms with E-state index in [2.05, 4.69) is 10.2 Å². The van der Waals surface area contributed by atoms with Crippen molar-refractivity contribution in [3.05, 3.63) is 27.4 Å². The number of rotatable bonds is 3. The summed E-state index contributed by atoms with van der Waals surface area (Å²) in [6.07, 6.45) is -4.53. The van der Waals surface area contributed by atoms with Gasteiger partial charge in [-0.15, -0.1) is 0 Å². The maximum atomic E-state index is 13.8. The molecule has 0 fully saturated rings. The van der Waals surface area contributed by atoms with E-state index in [9.17, 15) is 26.0 Å². The standard InChI is InChI=1S/C12H4Cl4F4N4O2S/c13-7-3(1-21)6(11(17,18)19)9(27(25,26)12(15,16)20)8(14)5(7)4-2-23-24-10(4)22/h2H,(H3,22,23,24). The molecule has 0 aliphatic rings. The van der Waals surface area contributed by atoms with Crippen LogP contribution in [0.4, 0.5) is 23.4 Å². The van der Waals surface area contributed by atoms with Crippen molar-refractivity contribution in [1.82, 2.24) is 10.2 Å². The topological polar surface area (TPSA) is 113 Å². The number of hydrogen-bond donors (Lipinski definition) is 2. The summed E-state index contributed by atoms with van der Waals surface area (Å²) in [6, 6.07) is 1.13. The Morgan fingerprint density at radius 3 is 2.11 bits per heavy atom. The number of H-pyrrole nitrogens is 1. The summed E-state index contributed by atoms with van der Waals surface area (Å²) in [4.78, 5) is -1.86. The normalized spacial score (nSPS) is 12.9. The molecule has 2 rings (SSSR count). The lowest BCUT2D eigenvalue weighted by Gasteiger charge is -2.22. The van der Waals surface area contributed by atoms with Crippen molar-refractivity contribution in [1.29, 1.82) is 5.26 Å². The van der Waals surface area contributed by atoms with E-state index < -0.39 is 51.6 Å². The lowest BCUT2D eigenvalue weighted by molar-refractivity contribution is -0.140. The fraction of sp³-hybridized carbons (Fsp3) is 0.167. The van der Waals surface area contributed by atoms with E-state index >= 15 is 0 Å². The Morgan fingerprint density at radius 2 is 1.74 bits per heavy atom. The Kier molecular flexibility index (Phi) is 5.55. The van der Waals surface area contributed by atoms with Gasteiger partial charge >= 0.3 is 10.1 Å². The van der Waals surface area contributed by atoms with Crippen LogP contribution in [-0.4, -0.2) is 22.5 Å². The number of anilines is 1. The van der Waals surface area contributed by atoms with E-state index in [0.717, 1.165) is 12.3 Å². The Morgan fingerprint density at radius 1 is 1.19 bits per heavy atom. The molecule has 0 aliphatic heterocycles. The molecular weight excluding hydrogens is 482 g/mol. The average molecular weight is 486 g/mol. The third-order valence-corrected chi connectivity index (χ3v) is 6.88. The molecule has 0 saturated heterocycles. The number of nitrogens with two attached hydrogens (primary N) is 1. The molecule has 0 radical (unpaired) electrons. The van der Waals surface area contributed by atoms with Crippen molar-refractivity contribution < 1.29 is 26.0 Å². The lowest BCUT2D eigenvalue weighted by Crippen LogP contribution is -2.26. The zero-order chi connectivity index (χ0) is 20.9. The molecule has 0 aliphatic carbocycles. The number of hydrogen-bond acceptors (Lipinski definition) is 5. The van der Waals surface area contributed by atoms with Crippen LogP contribution in [0.2, 0.25) is 10.0 Å². The minimum absolute atomic E-state index is 0.236. The van der Waals surface area contributed by atoms with Crippen molar-refractivity contribution in [3.8, 4) is 17.2 Å². The lowest BCUT2D eigenvalue weighted by atomic mass is 10.00. The second-order valence-corrected chi connectivity index (χ2v) is 9.26. The van der Waals surface area contributed by atoms with Crippen molar-refractivity contribution >= 4 is 62.1 Å². The van der Waals surface area contributed by atoms with E-state index in [4.69, 9.17) is 57.4 Å². The fourth-order valence-electron chi connectivity index (χ4n) is 2.14. The van der Waals surface area contributed by atoms with Gasteiger partial charge in [0.1, 0.15) is 16.8 Å². The van der Waals surface area contributed by atoms with Crippen LogP contribution in [0.1, 0.15) is 11.1 Å². The first-order valence-electron chi connectivity index (χ1n) is 6.29. The molecule has 0 bridgehead atoms. The van der Waals surface area contributed by atoms with Gasteiger partial charge < -0.3 is 5.73 Å². The second-order valence-electron chi connectivity index (χ2n) is 4.84. The average Bonchev–Trinajstić information content (AvgIpc) is 2.90. The van der Waals surface area contributed by atoms with Gasteiger partial charge in [0, 0.05) is 11.1 Å². The van der Waals surface area contributed by atoms with Crippen molar-refractivity contribution in [3.63, 3.8) is 0 Å². The Labute approximate surface area is 168 Å². The first-order chi connectivity index (χ1) is 12.2. The minimum atomic E-state index is -5.77. The SMILES string of the molecule is N#Cc1c(Cl)c(-c2cn[nH]c2N)c(Cl)c(S(=O)(=O)C(F)(Cl)Cl)c1C(F)(F)F. The van der Waals surface area contributed by atoms with Crippen LogP contribution in [-0.2, 0) is 16.0 Å². The van der Waals surface area contributed by atoms with Gasteiger partial charge in [0.15, 0.2) is 0 Å². The fourth-order valence-corrected chi connectivity index (χ4v) is 4.64. The van der Waals surface area contributed by atoms with Gasteiger partial charge in [-0.2, -0.15) is 27.9 Å².